The third kappa shape index (κ3) is 2.31. The van der Waals surface area contributed by atoms with Gasteiger partial charge in [-0.05, 0) is 42.9 Å². The normalized spacial score (nSPS) is 12.9. The summed E-state index contributed by atoms with van der Waals surface area (Å²) in [7, 11) is 0. The van der Waals surface area contributed by atoms with E-state index in [9.17, 15) is 0 Å². The predicted molar refractivity (Wildman–Crippen MR) is 63.2 cm³/mol. The van der Waals surface area contributed by atoms with Crippen LogP contribution in [0.25, 0.3) is 0 Å². The van der Waals surface area contributed by atoms with Gasteiger partial charge in [0.15, 0.2) is 0 Å². The molecule has 1 rings (SSSR count). The molecule has 0 spiro atoms. The van der Waals surface area contributed by atoms with Crippen LogP contribution in [0.15, 0.2) is 17.0 Å². The summed E-state index contributed by atoms with van der Waals surface area (Å²) in [6, 6.07) is 4.41. The minimum atomic E-state index is 0.218. The van der Waals surface area contributed by atoms with Crippen molar-refractivity contribution in [2.75, 3.05) is 12.9 Å². The van der Waals surface area contributed by atoms with Crippen molar-refractivity contribution in [2.24, 2.45) is 0 Å². The standard InChI is InChI=1S/C12H18OS/c1-8-5-11(10(3)7-13)12(14-4)6-9(8)2/h5-6,10,13H,7H2,1-4H3. The molecule has 0 saturated heterocycles. The Morgan fingerprint density at radius 2 is 1.86 bits per heavy atom. The van der Waals surface area contributed by atoms with Gasteiger partial charge >= 0.3 is 0 Å². The molecule has 0 bridgehead atoms. The smallest absolute Gasteiger partial charge is 0.0497 e. The second-order valence-corrected chi connectivity index (χ2v) is 4.61. The number of aryl methyl sites for hydroxylation is 2. The lowest BCUT2D eigenvalue weighted by Crippen LogP contribution is -2.02. The number of rotatable bonds is 3. The SMILES string of the molecule is CSc1cc(C)c(C)cc1C(C)CO. The molecule has 78 valence electrons. The highest BCUT2D eigenvalue weighted by Crippen LogP contribution is 2.29. The van der Waals surface area contributed by atoms with E-state index >= 15 is 0 Å². The van der Waals surface area contributed by atoms with E-state index in [4.69, 9.17) is 5.11 Å². The Morgan fingerprint density at radius 3 is 2.36 bits per heavy atom. The molecule has 0 fully saturated rings. The molecule has 0 aromatic heterocycles. The molecule has 1 N–H and O–H groups in total. The second-order valence-electron chi connectivity index (χ2n) is 3.76. The third-order valence-electron chi connectivity index (χ3n) is 2.65. The van der Waals surface area contributed by atoms with Gasteiger partial charge in [-0.3, -0.25) is 0 Å². The first-order valence-electron chi connectivity index (χ1n) is 4.86. The molecule has 0 radical (unpaired) electrons. The highest BCUT2D eigenvalue weighted by molar-refractivity contribution is 7.98. The van der Waals surface area contributed by atoms with Gasteiger partial charge in [0.2, 0.25) is 0 Å². The predicted octanol–water partition coefficient (Wildman–Crippen LogP) is 3.12. The summed E-state index contributed by atoms with van der Waals surface area (Å²) < 4.78 is 0. The van der Waals surface area contributed by atoms with Crippen molar-refractivity contribution in [2.45, 2.75) is 31.6 Å². The Morgan fingerprint density at radius 1 is 1.29 bits per heavy atom. The zero-order chi connectivity index (χ0) is 10.7. The largest absolute Gasteiger partial charge is 0.396 e. The summed E-state index contributed by atoms with van der Waals surface area (Å²) >= 11 is 1.75. The van der Waals surface area contributed by atoms with Gasteiger partial charge in [0.05, 0.1) is 0 Å². The van der Waals surface area contributed by atoms with E-state index in [1.54, 1.807) is 11.8 Å². The average Bonchev–Trinajstić information content (AvgIpc) is 2.20. The summed E-state index contributed by atoms with van der Waals surface area (Å²) in [6.07, 6.45) is 2.08. The molecular weight excluding hydrogens is 192 g/mol. The van der Waals surface area contributed by atoms with E-state index in [1.165, 1.54) is 21.6 Å². The fourth-order valence-electron chi connectivity index (χ4n) is 1.47. The van der Waals surface area contributed by atoms with Gasteiger partial charge in [-0.15, -0.1) is 11.8 Å². The van der Waals surface area contributed by atoms with Gasteiger partial charge < -0.3 is 5.11 Å². The van der Waals surface area contributed by atoms with Crippen LogP contribution in [0.1, 0.15) is 29.5 Å². The van der Waals surface area contributed by atoms with Gasteiger partial charge in [0.1, 0.15) is 0 Å². The molecule has 0 aliphatic heterocycles. The number of benzene rings is 1. The van der Waals surface area contributed by atoms with Gasteiger partial charge in [-0.2, -0.15) is 0 Å². The van der Waals surface area contributed by atoms with Crippen LogP contribution >= 0.6 is 11.8 Å². The Balaban J connectivity index is 3.19. The zero-order valence-electron chi connectivity index (χ0n) is 9.29. The number of aliphatic hydroxyl groups is 1. The molecule has 2 heteroatoms. The summed E-state index contributed by atoms with van der Waals surface area (Å²) in [5.74, 6) is 0.233. The van der Waals surface area contributed by atoms with E-state index in [0.717, 1.165) is 0 Å². The van der Waals surface area contributed by atoms with Crippen LogP contribution in [0.2, 0.25) is 0 Å². The first kappa shape index (κ1) is 11.6. The fraction of sp³-hybridized carbons (Fsp3) is 0.500. The first-order valence-corrected chi connectivity index (χ1v) is 6.08. The quantitative estimate of drug-likeness (QED) is 0.774. The minimum Gasteiger partial charge on any atom is -0.396 e. The van der Waals surface area contributed by atoms with Gasteiger partial charge in [-0.25, -0.2) is 0 Å². The lowest BCUT2D eigenvalue weighted by molar-refractivity contribution is 0.272. The van der Waals surface area contributed by atoms with Crippen molar-refractivity contribution in [3.63, 3.8) is 0 Å². The molecule has 1 unspecified atom stereocenters. The van der Waals surface area contributed by atoms with Crippen molar-refractivity contribution in [3.05, 3.63) is 28.8 Å². The van der Waals surface area contributed by atoms with E-state index < -0.39 is 0 Å². The molecule has 0 saturated carbocycles. The van der Waals surface area contributed by atoms with Crippen LogP contribution in [0.5, 0.6) is 0 Å². The van der Waals surface area contributed by atoms with Crippen molar-refractivity contribution in [1.82, 2.24) is 0 Å². The van der Waals surface area contributed by atoms with Crippen molar-refractivity contribution < 1.29 is 5.11 Å². The summed E-state index contributed by atoms with van der Waals surface area (Å²) in [5, 5.41) is 9.16. The van der Waals surface area contributed by atoms with Crippen LogP contribution in [0.4, 0.5) is 0 Å². The maximum absolute atomic E-state index is 9.16. The number of thioether (sulfide) groups is 1. The summed E-state index contributed by atoms with van der Waals surface area (Å²) in [5.41, 5.74) is 3.89. The lowest BCUT2D eigenvalue weighted by Gasteiger charge is -2.15. The molecule has 1 aromatic rings. The molecule has 0 aliphatic carbocycles. The molecule has 1 nitrogen and oxygen atoms in total. The monoisotopic (exact) mass is 210 g/mol. The molecular formula is C12H18OS. The fourth-order valence-corrected chi connectivity index (χ4v) is 2.26. The van der Waals surface area contributed by atoms with Crippen LogP contribution in [-0.4, -0.2) is 18.0 Å². The molecule has 0 amide bonds. The minimum absolute atomic E-state index is 0.218. The molecule has 0 aliphatic rings. The zero-order valence-corrected chi connectivity index (χ0v) is 10.1. The van der Waals surface area contributed by atoms with Crippen LogP contribution < -0.4 is 0 Å². The highest BCUT2D eigenvalue weighted by Gasteiger charge is 2.10. The Labute approximate surface area is 90.5 Å². The third-order valence-corrected chi connectivity index (χ3v) is 3.44. The molecule has 1 aromatic carbocycles. The Bertz CT molecular complexity index is 320. The number of hydrogen-bond donors (Lipinski definition) is 1. The van der Waals surface area contributed by atoms with Gasteiger partial charge in [0.25, 0.3) is 0 Å². The second kappa shape index (κ2) is 4.85. The van der Waals surface area contributed by atoms with E-state index in [2.05, 4.69) is 39.2 Å². The van der Waals surface area contributed by atoms with E-state index in [-0.39, 0.29) is 12.5 Å². The van der Waals surface area contributed by atoms with Gasteiger partial charge in [0, 0.05) is 17.4 Å². The maximum atomic E-state index is 9.16. The van der Waals surface area contributed by atoms with Crippen LogP contribution in [0.3, 0.4) is 0 Å². The molecule has 1 atom stereocenters. The maximum Gasteiger partial charge on any atom is 0.0497 e. The Kier molecular flexibility index (Phi) is 4.02. The van der Waals surface area contributed by atoms with Crippen molar-refractivity contribution in [3.8, 4) is 0 Å². The van der Waals surface area contributed by atoms with Gasteiger partial charge in [-0.1, -0.05) is 13.0 Å². The Hall–Kier alpha value is -0.470. The van der Waals surface area contributed by atoms with Crippen molar-refractivity contribution in [1.29, 1.82) is 0 Å². The van der Waals surface area contributed by atoms with Crippen LogP contribution in [-0.2, 0) is 0 Å². The number of hydrogen-bond acceptors (Lipinski definition) is 2. The van der Waals surface area contributed by atoms with Crippen LogP contribution in [0, 0.1) is 13.8 Å². The topological polar surface area (TPSA) is 20.2 Å². The molecule has 0 heterocycles. The first-order chi connectivity index (χ1) is 6.60. The lowest BCUT2D eigenvalue weighted by atomic mass is 9.97. The van der Waals surface area contributed by atoms with E-state index in [1.807, 2.05) is 0 Å². The summed E-state index contributed by atoms with van der Waals surface area (Å²) in [4.78, 5) is 1.29. The average molecular weight is 210 g/mol. The molecule has 14 heavy (non-hydrogen) atoms. The number of aliphatic hydroxyl groups excluding tert-OH is 1. The van der Waals surface area contributed by atoms with Crippen molar-refractivity contribution >= 4 is 11.8 Å². The summed E-state index contributed by atoms with van der Waals surface area (Å²) in [6.45, 7) is 6.52. The highest BCUT2D eigenvalue weighted by atomic mass is 32.2. The van der Waals surface area contributed by atoms with E-state index in [0.29, 0.717) is 0 Å².